The largest absolute Gasteiger partial charge is 0.225 e. The molecule has 2 rings (SSSR count). The third kappa shape index (κ3) is 1.97. The molecule has 0 aliphatic carbocycles. The van der Waals surface area contributed by atoms with Gasteiger partial charge in [0.2, 0.25) is 0 Å². The Bertz CT molecular complexity index is 442. The minimum Gasteiger partial charge on any atom is -0.225 e. The maximum atomic E-state index is 5.80. The highest BCUT2D eigenvalue weighted by Crippen LogP contribution is 2.26. The van der Waals surface area contributed by atoms with Gasteiger partial charge in [-0.15, -0.1) is 11.3 Å². The summed E-state index contributed by atoms with van der Waals surface area (Å²) < 4.78 is 0.596. The standard InChI is InChI=1S/C11H10ClNS/c1-7-3-8(2)5-9(4-7)10-6-14-11(12)13-10/h3-6H,1-2H3. The van der Waals surface area contributed by atoms with Crippen LogP contribution < -0.4 is 0 Å². The van der Waals surface area contributed by atoms with Gasteiger partial charge in [0.25, 0.3) is 0 Å². The van der Waals surface area contributed by atoms with Crippen molar-refractivity contribution in [2.45, 2.75) is 13.8 Å². The number of rotatable bonds is 1. The first-order valence-electron chi connectivity index (χ1n) is 4.35. The van der Waals surface area contributed by atoms with E-state index in [1.807, 2.05) is 5.38 Å². The molecule has 1 heterocycles. The van der Waals surface area contributed by atoms with E-state index in [1.165, 1.54) is 22.5 Å². The van der Waals surface area contributed by atoms with Gasteiger partial charge in [-0.1, -0.05) is 28.8 Å². The Balaban J connectivity index is 2.51. The van der Waals surface area contributed by atoms with Crippen molar-refractivity contribution < 1.29 is 0 Å². The second-order valence-electron chi connectivity index (χ2n) is 3.36. The second kappa shape index (κ2) is 3.71. The fourth-order valence-electron chi connectivity index (χ4n) is 1.51. The molecule has 0 fully saturated rings. The molecule has 0 saturated carbocycles. The van der Waals surface area contributed by atoms with E-state index < -0.39 is 0 Å². The summed E-state index contributed by atoms with van der Waals surface area (Å²) in [6.07, 6.45) is 0. The summed E-state index contributed by atoms with van der Waals surface area (Å²) in [6, 6.07) is 6.40. The van der Waals surface area contributed by atoms with Crippen LogP contribution in [0.3, 0.4) is 0 Å². The van der Waals surface area contributed by atoms with Crippen LogP contribution in [0, 0.1) is 13.8 Å². The molecule has 0 aliphatic rings. The van der Waals surface area contributed by atoms with Crippen LogP contribution in [0.1, 0.15) is 11.1 Å². The van der Waals surface area contributed by atoms with Crippen molar-refractivity contribution in [2.75, 3.05) is 0 Å². The molecule has 0 amide bonds. The maximum absolute atomic E-state index is 5.80. The topological polar surface area (TPSA) is 12.9 Å². The fraction of sp³-hybridized carbons (Fsp3) is 0.182. The predicted molar refractivity (Wildman–Crippen MR) is 62.0 cm³/mol. The van der Waals surface area contributed by atoms with Gasteiger partial charge in [-0.25, -0.2) is 4.98 Å². The number of hydrogen-bond acceptors (Lipinski definition) is 2. The Morgan fingerprint density at radius 1 is 1.14 bits per heavy atom. The summed E-state index contributed by atoms with van der Waals surface area (Å²) >= 11 is 7.26. The van der Waals surface area contributed by atoms with E-state index in [4.69, 9.17) is 11.6 Å². The molecule has 1 nitrogen and oxygen atoms in total. The fourth-order valence-corrected chi connectivity index (χ4v) is 2.28. The number of benzene rings is 1. The van der Waals surface area contributed by atoms with Gasteiger partial charge < -0.3 is 0 Å². The number of halogens is 1. The molecule has 72 valence electrons. The van der Waals surface area contributed by atoms with Gasteiger partial charge in [0.1, 0.15) is 0 Å². The molecular formula is C11H10ClNS. The predicted octanol–water partition coefficient (Wildman–Crippen LogP) is 4.08. The molecule has 0 bridgehead atoms. The zero-order valence-electron chi connectivity index (χ0n) is 8.04. The lowest BCUT2D eigenvalue weighted by molar-refractivity contribution is 1.35. The lowest BCUT2D eigenvalue weighted by Crippen LogP contribution is -1.82. The minimum absolute atomic E-state index is 0.596. The Morgan fingerprint density at radius 3 is 2.29 bits per heavy atom. The number of nitrogens with zero attached hydrogens (tertiary/aromatic N) is 1. The van der Waals surface area contributed by atoms with Gasteiger partial charge in [0, 0.05) is 10.9 Å². The van der Waals surface area contributed by atoms with E-state index >= 15 is 0 Å². The molecule has 0 saturated heterocycles. The van der Waals surface area contributed by atoms with Gasteiger partial charge in [-0.2, -0.15) is 0 Å². The molecule has 0 unspecified atom stereocenters. The van der Waals surface area contributed by atoms with Crippen molar-refractivity contribution in [3.05, 3.63) is 39.2 Å². The molecule has 1 aromatic heterocycles. The third-order valence-corrected chi connectivity index (χ3v) is 2.97. The molecule has 0 spiro atoms. The summed E-state index contributed by atoms with van der Waals surface area (Å²) in [5, 5.41) is 1.98. The van der Waals surface area contributed by atoms with Gasteiger partial charge in [0.15, 0.2) is 4.47 Å². The first-order valence-corrected chi connectivity index (χ1v) is 5.60. The van der Waals surface area contributed by atoms with Crippen molar-refractivity contribution in [1.29, 1.82) is 0 Å². The maximum Gasteiger partial charge on any atom is 0.184 e. The van der Waals surface area contributed by atoms with Crippen LogP contribution in [0.4, 0.5) is 0 Å². The van der Waals surface area contributed by atoms with Gasteiger partial charge in [-0.05, 0) is 26.0 Å². The minimum atomic E-state index is 0.596. The van der Waals surface area contributed by atoms with E-state index in [0.29, 0.717) is 4.47 Å². The highest BCUT2D eigenvalue weighted by molar-refractivity contribution is 7.14. The molecule has 0 atom stereocenters. The third-order valence-electron chi connectivity index (χ3n) is 1.99. The number of aryl methyl sites for hydroxylation is 2. The van der Waals surface area contributed by atoms with Crippen LogP contribution in [0.2, 0.25) is 4.47 Å². The van der Waals surface area contributed by atoms with Crippen molar-refractivity contribution >= 4 is 22.9 Å². The summed E-state index contributed by atoms with van der Waals surface area (Å²) in [7, 11) is 0. The first-order chi connectivity index (χ1) is 6.65. The van der Waals surface area contributed by atoms with E-state index in [2.05, 4.69) is 37.0 Å². The van der Waals surface area contributed by atoms with Crippen LogP contribution in [-0.2, 0) is 0 Å². The Kier molecular flexibility index (Phi) is 2.57. The lowest BCUT2D eigenvalue weighted by atomic mass is 10.1. The summed E-state index contributed by atoms with van der Waals surface area (Å²) in [4.78, 5) is 4.25. The van der Waals surface area contributed by atoms with E-state index in [-0.39, 0.29) is 0 Å². The molecule has 0 N–H and O–H groups in total. The van der Waals surface area contributed by atoms with Crippen molar-refractivity contribution in [2.24, 2.45) is 0 Å². The zero-order valence-corrected chi connectivity index (χ0v) is 9.62. The van der Waals surface area contributed by atoms with E-state index in [1.54, 1.807) is 0 Å². The Morgan fingerprint density at radius 2 is 1.79 bits per heavy atom. The quantitative estimate of drug-likeness (QED) is 0.710. The zero-order chi connectivity index (χ0) is 10.1. The average molecular weight is 224 g/mol. The Labute approximate surface area is 92.4 Å². The molecule has 14 heavy (non-hydrogen) atoms. The molecule has 3 heteroatoms. The lowest BCUT2D eigenvalue weighted by Gasteiger charge is -2.01. The number of aromatic nitrogens is 1. The van der Waals surface area contributed by atoms with Gasteiger partial charge >= 0.3 is 0 Å². The smallest absolute Gasteiger partial charge is 0.184 e. The second-order valence-corrected chi connectivity index (χ2v) is 4.80. The SMILES string of the molecule is Cc1cc(C)cc(-c2csc(Cl)n2)c1. The molecule has 0 aliphatic heterocycles. The van der Waals surface area contributed by atoms with Crippen molar-refractivity contribution in [3.63, 3.8) is 0 Å². The van der Waals surface area contributed by atoms with Crippen LogP contribution in [0.25, 0.3) is 11.3 Å². The number of thiazole rings is 1. The summed E-state index contributed by atoms with van der Waals surface area (Å²) in [5.74, 6) is 0. The summed E-state index contributed by atoms with van der Waals surface area (Å²) in [6.45, 7) is 4.18. The van der Waals surface area contributed by atoms with Crippen molar-refractivity contribution in [1.82, 2.24) is 4.98 Å². The van der Waals surface area contributed by atoms with E-state index in [9.17, 15) is 0 Å². The average Bonchev–Trinajstić information content (AvgIpc) is 2.50. The van der Waals surface area contributed by atoms with Crippen LogP contribution in [0.15, 0.2) is 23.6 Å². The molecular weight excluding hydrogens is 214 g/mol. The normalized spacial score (nSPS) is 10.5. The summed E-state index contributed by atoms with van der Waals surface area (Å²) in [5.41, 5.74) is 4.62. The molecule has 0 radical (unpaired) electrons. The molecule has 2 aromatic rings. The van der Waals surface area contributed by atoms with Crippen molar-refractivity contribution in [3.8, 4) is 11.3 Å². The van der Waals surface area contributed by atoms with Gasteiger partial charge in [-0.3, -0.25) is 0 Å². The van der Waals surface area contributed by atoms with Crippen LogP contribution in [-0.4, -0.2) is 4.98 Å². The highest BCUT2D eigenvalue weighted by Gasteiger charge is 2.03. The van der Waals surface area contributed by atoms with Gasteiger partial charge in [0.05, 0.1) is 5.69 Å². The highest BCUT2D eigenvalue weighted by atomic mass is 35.5. The van der Waals surface area contributed by atoms with E-state index in [0.717, 1.165) is 11.3 Å². The first kappa shape index (κ1) is 9.69. The number of hydrogen-bond donors (Lipinski definition) is 0. The monoisotopic (exact) mass is 223 g/mol. The van der Waals surface area contributed by atoms with Crippen LogP contribution >= 0.6 is 22.9 Å². The molecule has 1 aromatic carbocycles. The van der Waals surface area contributed by atoms with Crippen LogP contribution in [0.5, 0.6) is 0 Å². The Hall–Kier alpha value is -0.860.